The molecule has 0 radical (unpaired) electrons. The van der Waals surface area contributed by atoms with E-state index in [1.54, 1.807) is 38.5 Å². The number of hydrazine groups is 1. The highest BCUT2D eigenvalue weighted by atomic mass is 16.5. The highest BCUT2D eigenvalue weighted by molar-refractivity contribution is 5.93. The van der Waals surface area contributed by atoms with Gasteiger partial charge < -0.3 is 9.47 Å². The zero-order valence-electron chi connectivity index (χ0n) is 15.2. The molecule has 1 fully saturated rings. The standard InChI is InChI=1S/C20H24N2O4/c1-4-5-6-8-19(23)21-13-7-14-22(21)20(24)12-9-16-15-17(25-2)10-11-18(16)26-3/h1,9-12,15H,5-8,13-14H2,2-3H3. The van der Waals surface area contributed by atoms with Gasteiger partial charge in [0.25, 0.3) is 5.91 Å². The van der Waals surface area contributed by atoms with E-state index in [0.717, 1.165) is 12.0 Å². The Labute approximate surface area is 154 Å². The van der Waals surface area contributed by atoms with Crippen LogP contribution in [0.3, 0.4) is 0 Å². The van der Waals surface area contributed by atoms with Crippen molar-refractivity contribution < 1.29 is 19.1 Å². The molecule has 0 saturated carbocycles. The molecule has 26 heavy (non-hydrogen) atoms. The number of hydrogen-bond donors (Lipinski definition) is 0. The number of methoxy groups -OCH3 is 2. The van der Waals surface area contributed by atoms with Gasteiger partial charge in [0.05, 0.1) is 14.2 Å². The summed E-state index contributed by atoms with van der Waals surface area (Å²) in [6.45, 7) is 1.08. The summed E-state index contributed by atoms with van der Waals surface area (Å²) < 4.78 is 10.5. The molecule has 1 aromatic rings. The highest BCUT2D eigenvalue weighted by Gasteiger charge is 2.28. The van der Waals surface area contributed by atoms with E-state index >= 15 is 0 Å². The molecule has 6 nitrogen and oxygen atoms in total. The number of ether oxygens (including phenoxy) is 2. The number of benzene rings is 1. The third-order valence-electron chi connectivity index (χ3n) is 4.13. The summed E-state index contributed by atoms with van der Waals surface area (Å²) in [5, 5.41) is 3.01. The van der Waals surface area contributed by atoms with Crippen molar-refractivity contribution >= 4 is 17.9 Å². The van der Waals surface area contributed by atoms with Crippen molar-refractivity contribution in [1.29, 1.82) is 0 Å². The van der Waals surface area contributed by atoms with E-state index in [4.69, 9.17) is 15.9 Å². The molecule has 1 aliphatic rings. The summed E-state index contributed by atoms with van der Waals surface area (Å²) in [5.41, 5.74) is 0.728. The highest BCUT2D eigenvalue weighted by Crippen LogP contribution is 2.25. The van der Waals surface area contributed by atoms with Gasteiger partial charge in [-0.3, -0.25) is 14.6 Å². The first-order valence-corrected chi connectivity index (χ1v) is 8.56. The maximum atomic E-state index is 12.6. The molecule has 1 saturated heterocycles. The summed E-state index contributed by atoms with van der Waals surface area (Å²) >= 11 is 0. The normalized spacial score (nSPS) is 13.7. The smallest absolute Gasteiger partial charge is 0.265 e. The fraction of sp³-hybridized carbons (Fsp3) is 0.400. The van der Waals surface area contributed by atoms with E-state index < -0.39 is 0 Å². The number of carbonyl (C=O) groups is 2. The lowest BCUT2D eigenvalue weighted by Gasteiger charge is -2.26. The maximum Gasteiger partial charge on any atom is 0.265 e. The minimum absolute atomic E-state index is 0.0709. The molecule has 6 heteroatoms. The Kier molecular flexibility index (Phi) is 7.10. The third-order valence-corrected chi connectivity index (χ3v) is 4.13. The first-order chi connectivity index (χ1) is 12.6. The summed E-state index contributed by atoms with van der Waals surface area (Å²) in [4.78, 5) is 24.9. The number of hydrogen-bond acceptors (Lipinski definition) is 4. The van der Waals surface area contributed by atoms with Crippen molar-refractivity contribution in [2.45, 2.75) is 25.7 Å². The van der Waals surface area contributed by atoms with Crippen LogP contribution in [0.4, 0.5) is 0 Å². The van der Waals surface area contributed by atoms with Gasteiger partial charge in [0, 0.05) is 37.6 Å². The van der Waals surface area contributed by atoms with Gasteiger partial charge in [-0.1, -0.05) is 0 Å². The van der Waals surface area contributed by atoms with Gasteiger partial charge in [-0.15, -0.1) is 12.3 Å². The zero-order valence-corrected chi connectivity index (χ0v) is 15.2. The quantitative estimate of drug-likeness (QED) is 0.428. The topological polar surface area (TPSA) is 59.1 Å². The van der Waals surface area contributed by atoms with Crippen LogP contribution in [0.1, 0.15) is 31.2 Å². The molecule has 0 atom stereocenters. The fourth-order valence-corrected chi connectivity index (χ4v) is 2.79. The van der Waals surface area contributed by atoms with Crippen LogP contribution in [0, 0.1) is 12.3 Å². The van der Waals surface area contributed by atoms with Gasteiger partial charge in [-0.25, -0.2) is 5.01 Å². The monoisotopic (exact) mass is 356 g/mol. The van der Waals surface area contributed by atoms with Crippen molar-refractivity contribution in [3.05, 3.63) is 29.8 Å². The van der Waals surface area contributed by atoms with Crippen LogP contribution in [-0.4, -0.2) is 49.1 Å². The third kappa shape index (κ3) is 4.79. The molecule has 138 valence electrons. The number of unbranched alkanes of at least 4 members (excludes halogenated alkanes) is 1. The van der Waals surface area contributed by atoms with Gasteiger partial charge in [0.15, 0.2) is 0 Å². The second-order valence-electron chi connectivity index (χ2n) is 5.83. The first kappa shape index (κ1) is 19.4. The summed E-state index contributed by atoms with van der Waals surface area (Å²) in [6, 6.07) is 5.35. The van der Waals surface area contributed by atoms with E-state index in [0.29, 0.717) is 43.9 Å². The summed E-state index contributed by atoms with van der Waals surface area (Å²) in [5.74, 6) is 3.52. The molecule has 2 amide bonds. The zero-order chi connectivity index (χ0) is 18.9. The van der Waals surface area contributed by atoms with Crippen molar-refractivity contribution in [1.82, 2.24) is 10.0 Å². The average molecular weight is 356 g/mol. The first-order valence-electron chi connectivity index (χ1n) is 8.56. The Balaban J connectivity index is 2.07. The van der Waals surface area contributed by atoms with Gasteiger partial charge >= 0.3 is 0 Å². The Bertz CT molecular complexity index is 721. The molecule has 0 N–H and O–H groups in total. The van der Waals surface area contributed by atoms with Gasteiger partial charge in [0.1, 0.15) is 11.5 Å². The van der Waals surface area contributed by atoms with Crippen LogP contribution >= 0.6 is 0 Å². The minimum atomic E-state index is -0.238. The fourth-order valence-electron chi connectivity index (χ4n) is 2.79. The van der Waals surface area contributed by atoms with Crippen LogP contribution in [-0.2, 0) is 9.59 Å². The Morgan fingerprint density at radius 1 is 1.23 bits per heavy atom. The molecular formula is C20H24N2O4. The molecule has 0 spiro atoms. The Morgan fingerprint density at radius 2 is 2.00 bits per heavy atom. The van der Waals surface area contributed by atoms with E-state index in [9.17, 15) is 9.59 Å². The molecule has 0 bridgehead atoms. The lowest BCUT2D eigenvalue weighted by atomic mass is 10.1. The van der Waals surface area contributed by atoms with E-state index in [1.165, 1.54) is 16.1 Å². The Morgan fingerprint density at radius 3 is 2.69 bits per heavy atom. The van der Waals surface area contributed by atoms with E-state index in [-0.39, 0.29) is 11.8 Å². The van der Waals surface area contributed by atoms with Crippen LogP contribution in [0.2, 0.25) is 0 Å². The van der Waals surface area contributed by atoms with Crippen molar-refractivity contribution in [2.75, 3.05) is 27.3 Å². The van der Waals surface area contributed by atoms with Gasteiger partial charge in [-0.2, -0.15) is 0 Å². The van der Waals surface area contributed by atoms with Crippen LogP contribution in [0.15, 0.2) is 24.3 Å². The summed E-state index contributed by atoms with van der Waals surface area (Å²) in [6.07, 6.45) is 10.6. The van der Waals surface area contributed by atoms with Crippen LogP contribution in [0.5, 0.6) is 11.5 Å². The number of carbonyl (C=O) groups excluding carboxylic acids is 2. The van der Waals surface area contributed by atoms with Gasteiger partial charge in [-0.05, 0) is 37.1 Å². The van der Waals surface area contributed by atoms with Crippen LogP contribution < -0.4 is 9.47 Å². The molecule has 0 aliphatic carbocycles. The Hall–Kier alpha value is -2.94. The molecular weight excluding hydrogens is 332 g/mol. The predicted octanol–water partition coefficient (Wildman–Crippen LogP) is 2.50. The van der Waals surface area contributed by atoms with Crippen molar-refractivity contribution in [3.8, 4) is 23.8 Å². The molecule has 0 unspecified atom stereocenters. The lowest BCUT2D eigenvalue weighted by Crippen LogP contribution is -2.44. The molecule has 1 aromatic carbocycles. The average Bonchev–Trinajstić information content (AvgIpc) is 3.16. The largest absolute Gasteiger partial charge is 0.497 e. The molecule has 0 aromatic heterocycles. The van der Waals surface area contributed by atoms with Crippen LogP contribution in [0.25, 0.3) is 6.08 Å². The predicted molar refractivity (Wildman–Crippen MR) is 99.3 cm³/mol. The molecule has 1 heterocycles. The SMILES string of the molecule is C#CCCCC(=O)N1CCCN1C(=O)C=Cc1cc(OC)ccc1OC. The molecule has 2 rings (SSSR count). The maximum absolute atomic E-state index is 12.6. The number of rotatable bonds is 7. The number of nitrogens with zero attached hydrogens (tertiary/aromatic N) is 2. The lowest BCUT2D eigenvalue weighted by molar-refractivity contribution is -0.154. The number of amides is 2. The summed E-state index contributed by atoms with van der Waals surface area (Å²) in [7, 11) is 3.15. The van der Waals surface area contributed by atoms with Crippen molar-refractivity contribution in [3.63, 3.8) is 0 Å². The van der Waals surface area contributed by atoms with E-state index in [1.807, 2.05) is 0 Å². The van der Waals surface area contributed by atoms with Crippen molar-refractivity contribution in [2.24, 2.45) is 0 Å². The van der Waals surface area contributed by atoms with Gasteiger partial charge in [0.2, 0.25) is 5.91 Å². The van der Waals surface area contributed by atoms with E-state index in [2.05, 4.69) is 5.92 Å². The number of terminal acetylenes is 1. The second-order valence-corrected chi connectivity index (χ2v) is 5.83. The molecule has 1 aliphatic heterocycles. The minimum Gasteiger partial charge on any atom is -0.497 e. The second kappa shape index (κ2) is 9.52.